The van der Waals surface area contributed by atoms with E-state index in [1.165, 1.54) is 6.92 Å². The number of aliphatic hydroxyl groups excluding tert-OH is 1. The van der Waals surface area contributed by atoms with Crippen molar-refractivity contribution in [3.05, 3.63) is 0 Å². The first-order valence-electron chi connectivity index (χ1n) is 8.30. The molecule has 2 amide bonds. The van der Waals surface area contributed by atoms with Crippen molar-refractivity contribution >= 4 is 23.7 Å². The fourth-order valence-corrected chi connectivity index (χ4v) is 1.98. The van der Waals surface area contributed by atoms with Gasteiger partial charge < -0.3 is 38.0 Å². The maximum atomic E-state index is 12.3. The van der Waals surface area contributed by atoms with Crippen LogP contribution in [-0.4, -0.2) is 64.7 Å². The van der Waals surface area contributed by atoms with E-state index in [1.54, 1.807) is 13.8 Å². The molecule has 0 aromatic heterocycles. The van der Waals surface area contributed by atoms with E-state index in [0.717, 1.165) is 0 Å². The summed E-state index contributed by atoms with van der Waals surface area (Å²) in [6, 6.07) is -3.40. The Morgan fingerprint density at radius 3 is 2.08 bits per heavy atom. The summed E-state index contributed by atoms with van der Waals surface area (Å²) in [5.74, 6) is -2.97. The second kappa shape index (κ2) is 11.3. The normalized spacial score (nSPS) is 15.5. The Kier molecular flexibility index (Phi) is 10.2. The largest absolute Gasteiger partial charge is 0.480 e. The lowest BCUT2D eigenvalue weighted by molar-refractivity contribution is -0.143. The summed E-state index contributed by atoms with van der Waals surface area (Å²) in [6.45, 7) is 4.99. The van der Waals surface area contributed by atoms with Gasteiger partial charge in [-0.05, 0) is 25.7 Å². The number of aliphatic imine (C=N–C) groups is 1. The number of carbonyl (C=O) groups excluding carboxylic acids is 2. The molecule has 4 atom stereocenters. The number of rotatable bonds is 11. The lowest BCUT2D eigenvalue weighted by Gasteiger charge is -2.25. The Labute approximate surface area is 152 Å². The highest BCUT2D eigenvalue weighted by atomic mass is 16.4. The van der Waals surface area contributed by atoms with Crippen LogP contribution in [0.1, 0.15) is 33.6 Å². The van der Waals surface area contributed by atoms with Crippen LogP contribution in [0.25, 0.3) is 0 Å². The van der Waals surface area contributed by atoms with Crippen LogP contribution >= 0.6 is 0 Å². The van der Waals surface area contributed by atoms with E-state index in [-0.39, 0.29) is 24.8 Å². The predicted molar refractivity (Wildman–Crippen MR) is 95.9 cm³/mol. The Bertz CT molecular complexity index is 519. The first-order chi connectivity index (χ1) is 12.0. The van der Waals surface area contributed by atoms with Gasteiger partial charge in [-0.25, -0.2) is 4.79 Å². The van der Waals surface area contributed by atoms with Gasteiger partial charge in [0.25, 0.3) is 0 Å². The second-order valence-corrected chi connectivity index (χ2v) is 6.34. The van der Waals surface area contributed by atoms with E-state index >= 15 is 0 Å². The fraction of sp³-hybridized carbons (Fsp3) is 0.733. The van der Waals surface area contributed by atoms with Crippen LogP contribution in [0.3, 0.4) is 0 Å². The number of aliphatic carboxylic acids is 1. The molecule has 0 aliphatic heterocycles. The van der Waals surface area contributed by atoms with Crippen molar-refractivity contribution in [2.75, 3.05) is 6.54 Å². The van der Waals surface area contributed by atoms with Crippen molar-refractivity contribution in [3.63, 3.8) is 0 Å². The zero-order valence-corrected chi connectivity index (χ0v) is 15.3. The zero-order valence-electron chi connectivity index (χ0n) is 15.3. The van der Waals surface area contributed by atoms with Crippen molar-refractivity contribution in [2.45, 2.75) is 57.8 Å². The molecule has 0 bridgehead atoms. The first-order valence-corrected chi connectivity index (χ1v) is 8.30. The van der Waals surface area contributed by atoms with E-state index in [2.05, 4.69) is 15.6 Å². The lowest BCUT2D eigenvalue weighted by atomic mass is 10.0. The number of nitrogens with two attached hydrogens (primary N) is 3. The van der Waals surface area contributed by atoms with Gasteiger partial charge in [0.05, 0.1) is 12.1 Å². The van der Waals surface area contributed by atoms with Crippen LogP contribution in [0, 0.1) is 5.92 Å². The Balaban J connectivity index is 4.90. The highest BCUT2D eigenvalue weighted by Crippen LogP contribution is 2.03. The second-order valence-electron chi connectivity index (χ2n) is 6.34. The van der Waals surface area contributed by atoms with Crippen molar-refractivity contribution in [1.82, 2.24) is 10.6 Å². The number of hydrogen-bond donors (Lipinski definition) is 7. The monoisotopic (exact) mass is 374 g/mol. The minimum Gasteiger partial charge on any atom is -0.480 e. The molecule has 150 valence electrons. The number of carboxylic acid groups (broad SMARTS) is 1. The number of aliphatic hydroxyl groups is 1. The van der Waals surface area contributed by atoms with Gasteiger partial charge in [-0.3, -0.25) is 14.6 Å². The lowest BCUT2D eigenvalue weighted by Crippen LogP contribution is -2.58. The average Bonchev–Trinajstić information content (AvgIpc) is 2.53. The molecule has 0 aliphatic rings. The predicted octanol–water partition coefficient (Wildman–Crippen LogP) is -2.54. The molecular formula is C15H30N6O5. The summed E-state index contributed by atoms with van der Waals surface area (Å²) >= 11 is 0. The molecule has 26 heavy (non-hydrogen) atoms. The molecule has 0 aromatic carbocycles. The van der Waals surface area contributed by atoms with E-state index in [0.29, 0.717) is 6.42 Å². The van der Waals surface area contributed by atoms with E-state index < -0.39 is 42.0 Å². The standard InChI is InChI=1S/C15H30N6O5/c1-7(2)10(16)12(23)21-11(8(3)22)13(24)20-9(14(25)26)5-4-6-19-15(17)18/h7-11,22H,4-6,16H2,1-3H3,(H,20,24)(H,21,23)(H,25,26)(H4,17,18,19)/t8-,9+,10+,11+/m0/s1. The minimum absolute atomic E-state index is 0.0733. The number of hydrogen-bond acceptors (Lipinski definition) is 6. The van der Waals surface area contributed by atoms with Crippen LogP contribution in [-0.2, 0) is 14.4 Å². The molecule has 0 aliphatic carbocycles. The Morgan fingerprint density at radius 1 is 1.08 bits per heavy atom. The highest BCUT2D eigenvalue weighted by molar-refractivity contribution is 5.92. The van der Waals surface area contributed by atoms with Gasteiger partial charge in [0.1, 0.15) is 12.1 Å². The maximum Gasteiger partial charge on any atom is 0.326 e. The molecule has 0 spiro atoms. The highest BCUT2D eigenvalue weighted by Gasteiger charge is 2.31. The quantitative estimate of drug-likeness (QED) is 0.116. The van der Waals surface area contributed by atoms with Crippen molar-refractivity contribution in [2.24, 2.45) is 28.1 Å². The summed E-state index contributed by atoms with van der Waals surface area (Å²) in [5.41, 5.74) is 16.1. The molecule has 0 unspecified atom stereocenters. The molecule has 0 saturated carbocycles. The molecule has 11 heteroatoms. The summed E-state index contributed by atoms with van der Waals surface area (Å²) in [5, 5.41) is 23.6. The summed E-state index contributed by atoms with van der Waals surface area (Å²) in [7, 11) is 0. The third-order valence-corrected chi connectivity index (χ3v) is 3.64. The van der Waals surface area contributed by atoms with Crippen LogP contribution < -0.4 is 27.8 Å². The number of nitrogens with one attached hydrogen (secondary N) is 2. The molecule has 0 rings (SSSR count). The van der Waals surface area contributed by atoms with Gasteiger partial charge in [-0.1, -0.05) is 13.8 Å². The smallest absolute Gasteiger partial charge is 0.326 e. The molecule has 10 N–H and O–H groups in total. The number of carbonyl (C=O) groups is 3. The number of amides is 2. The Morgan fingerprint density at radius 2 is 1.65 bits per heavy atom. The van der Waals surface area contributed by atoms with Crippen LogP contribution in [0.15, 0.2) is 4.99 Å². The topological polar surface area (TPSA) is 206 Å². The van der Waals surface area contributed by atoms with Gasteiger partial charge in [-0.2, -0.15) is 0 Å². The van der Waals surface area contributed by atoms with E-state index in [9.17, 15) is 24.6 Å². The summed E-state index contributed by atoms with van der Waals surface area (Å²) < 4.78 is 0. The van der Waals surface area contributed by atoms with Crippen molar-refractivity contribution < 1.29 is 24.6 Å². The molecule has 0 radical (unpaired) electrons. The van der Waals surface area contributed by atoms with Gasteiger partial charge >= 0.3 is 5.97 Å². The average molecular weight is 374 g/mol. The van der Waals surface area contributed by atoms with E-state index in [1.807, 2.05) is 0 Å². The minimum atomic E-state index is -1.33. The third-order valence-electron chi connectivity index (χ3n) is 3.64. The summed E-state index contributed by atoms with van der Waals surface area (Å²) in [6.07, 6.45) is -0.850. The number of guanidine groups is 1. The van der Waals surface area contributed by atoms with Gasteiger partial charge in [0.2, 0.25) is 11.8 Å². The first kappa shape index (κ1) is 23.6. The van der Waals surface area contributed by atoms with Crippen LogP contribution in [0.4, 0.5) is 0 Å². The SMILES string of the molecule is CC(C)[C@@H](N)C(=O)N[C@@H](C(=O)N[C@H](CCCN=C(N)N)C(=O)O)[C@H](C)O. The third kappa shape index (κ3) is 8.62. The maximum absolute atomic E-state index is 12.3. The fourth-order valence-electron chi connectivity index (χ4n) is 1.98. The van der Waals surface area contributed by atoms with Gasteiger partial charge in [-0.15, -0.1) is 0 Å². The molecule has 0 saturated heterocycles. The van der Waals surface area contributed by atoms with Crippen LogP contribution in [0.2, 0.25) is 0 Å². The Hall–Kier alpha value is -2.40. The van der Waals surface area contributed by atoms with E-state index in [4.69, 9.17) is 17.2 Å². The van der Waals surface area contributed by atoms with Crippen molar-refractivity contribution in [3.8, 4) is 0 Å². The van der Waals surface area contributed by atoms with Crippen molar-refractivity contribution in [1.29, 1.82) is 0 Å². The molecule has 0 aromatic rings. The molecular weight excluding hydrogens is 344 g/mol. The summed E-state index contributed by atoms with van der Waals surface area (Å²) in [4.78, 5) is 39.4. The van der Waals surface area contributed by atoms with Crippen LogP contribution in [0.5, 0.6) is 0 Å². The van der Waals surface area contributed by atoms with Gasteiger partial charge in [0.15, 0.2) is 5.96 Å². The zero-order chi connectivity index (χ0) is 20.4. The molecule has 11 nitrogen and oxygen atoms in total. The number of carboxylic acids is 1. The van der Waals surface area contributed by atoms with Gasteiger partial charge in [0, 0.05) is 6.54 Å². The molecule has 0 heterocycles. The number of nitrogens with zero attached hydrogens (tertiary/aromatic N) is 1. The molecule has 0 fully saturated rings.